The smallest absolute Gasteiger partial charge is 0.151 e. The molecule has 0 amide bonds. The summed E-state index contributed by atoms with van der Waals surface area (Å²) < 4.78 is 29.0. The highest BCUT2D eigenvalue weighted by molar-refractivity contribution is 7.91. The van der Waals surface area contributed by atoms with E-state index in [4.69, 9.17) is 10.5 Å². The zero-order valence-corrected chi connectivity index (χ0v) is 12.4. The molecular formula is C14H21NO4S. The van der Waals surface area contributed by atoms with E-state index in [0.717, 1.165) is 0 Å². The van der Waals surface area contributed by atoms with Gasteiger partial charge in [-0.3, -0.25) is 0 Å². The molecule has 2 atom stereocenters. The second-order valence-corrected chi connectivity index (χ2v) is 7.47. The Labute approximate surface area is 119 Å². The van der Waals surface area contributed by atoms with Crippen molar-refractivity contribution in [2.45, 2.75) is 19.4 Å². The van der Waals surface area contributed by atoms with Crippen LogP contribution in [0.5, 0.6) is 5.75 Å². The topological polar surface area (TPSA) is 89.6 Å². The maximum absolute atomic E-state index is 11.8. The minimum absolute atomic E-state index is 0.0713. The molecule has 0 bridgehead atoms. The molecule has 1 heterocycles. The molecule has 1 aromatic carbocycles. The summed E-state index contributed by atoms with van der Waals surface area (Å²) in [4.78, 5) is 0. The summed E-state index contributed by atoms with van der Waals surface area (Å²) in [5, 5.41) is 10.7. The maximum atomic E-state index is 11.8. The van der Waals surface area contributed by atoms with E-state index < -0.39 is 21.4 Å². The van der Waals surface area contributed by atoms with Gasteiger partial charge in [-0.2, -0.15) is 0 Å². The first kappa shape index (κ1) is 15.3. The van der Waals surface area contributed by atoms with Crippen LogP contribution in [-0.4, -0.2) is 38.2 Å². The number of rotatable bonds is 5. The molecule has 6 heteroatoms. The molecule has 2 rings (SSSR count). The van der Waals surface area contributed by atoms with Crippen LogP contribution in [0.3, 0.4) is 0 Å². The van der Waals surface area contributed by atoms with Gasteiger partial charge in [-0.05, 0) is 19.4 Å². The van der Waals surface area contributed by atoms with Gasteiger partial charge in [0.2, 0.25) is 0 Å². The number of sulfone groups is 1. The molecule has 1 aliphatic rings. The van der Waals surface area contributed by atoms with Crippen LogP contribution in [0.4, 0.5) is 0 Å². The second kappa shape index (κ2) is 5.71. The van der Waals surface area contributed by atoms with Gasteiger partial charge in [0.05, 0.1) is 24.2 Å². The van der Waals surface area contributed by atoms with Crippen LogP contribution in [0.25, 0.3) is 0 Å². The largest absolute Gasteiger partial charge is 0.493 e. The quantitative estimate of drug-likeness (QED) is 0.842. The van der Waals surface area contributed by atoms with Gasteiger partial charge in [0.25, 0.3) is 0 Å². The zero-order valence-electron chi connectivity index (χ0n) is 11.6. The van der Waals surface area contributed by atoms with Gasteiger partial charge in [-0.1, -0.05) is 18.2 Å². The van der Waals surface area contributed by atoms with E-state index in [9.17, 15) is 13.5 Å². The lowest BCUT2D eigenvalue weighted by atomic mass is 9.78. The van der Waals surface area contributed by atoms with Crippen LogP contribution in [0, 0.1) is 5.41 Å². The third-order valence-electron chi connectivity index (χ3n) is 3.92. The Morgan fingerprint density at radius 1 is 1.45 bits per heavy atom. The Morgan fingerprint density at radius 2 is 2.15 bits per heavy atom. The van der Waals surface area contributed by atoms with E-state index in [-0.39, 0.29) is 18.1 Å². The molecule has 0 spiro atoms. The summed E-state index contributed by atoms with van der Waals surface area (Å²) in [7, 11) is -3.12. The van der Waals surface area contributed by atoms with Crippen molar-refractivity contribution in [3.8, 4) is 5.75 Å². The van der Waals surface area contributed by atoms with Gasteiger partial charge >= 0.3 is 0 Å². The molecule has 0 aromatic heterocycles. The molecule has 0 radical (unpaired) electrons. The average molecular weight is 299 g/mol. The van der Waals surface area contributed by atoms with Crippen molar-refractivity contribution < 1.29 is 18.3 Å². The number of hydrogen-bond donors (Lipinski definition) is 2. The lowest BCUT2D eigenvalue weighted by Gasteiger charge is -2.32. The van der Waals surface area contributed by atoms with E-state index in [0.29, 0.717) is 24.3 Å². The molecular weight excluding hydrogens is 278 g/mol. The molecule has 0 saturated carbocycles. The van der Waals surface area contributed by atoms with Crippen LogP contribution in [0.1, 0.15) is 25.0 Å². The Morgan fingerprint density at radius 3 is 2.70 bits per heavy atom. The number of nitrogens with two attached hydrogens (primary N) is 1. The fraction of sp³-hybridized carbons (Fsp3) is 0.571. The van der Waals surface area contributed by atoms with E-state index in [1.165, 1.54) is 0 Å². The Balaban J connectivity index is 2.37. The van der Waals surface area contributed by atoms with E-state index in [1.807, 2.05) is 13.0 Å². The summed E-state index contributed by atoms with van der Waals surface area (Å²) in [6.45, 7) is 2.48. The standard InChI is InChI=1S/C14H21NO4S/c1-2-19-12-6-4-3-5-11(12)13(16)14(9-15)7-8-20(17,18)10-14/h3-6,13,16H,2,7-10,15H2,1H3. The molecule has 20 heavy (non-hydrogen) atoms. The second-order valence-electron chi connectivity index (χ2n) is 5.28. The molecule has 5 nitrogen and oxygen atoms in total. The van der Waals surface area contributed by atoms with E-state index in [1.54, 1.807) is 18.2 Å². The lowest BCUT2D eigenvalue weighted by molar-refractivity contribution is 0.0447. The fourth-order valence-corrected chi connectivity index (χ4v) is 4.91. The highest BCUT2D eigenvalue weighted by Crippen LogP contribution is 2.44. The van der Waals surface area contributed by atoms with Crippen molar-refractivity contribution in [1.82, 2.24) is 0 Å². The Bertz CT molecular complexity index is 572. The summed E-state index contributed by atoms with van der Waals surface area (Å²) in [6, 6.07) is 7.16. The molecule has 0 aliphatic carbocycles. The third-order valence-corrected chi connectivity index (χ3v) is 5.76. The van der Waals surface area contributed by atoms with Gasteiger partial charge in [0.15, 0.2) is 9.84 Å². The van der Waals surface area contributed by atoms with Gasteiger partial charge in [-0.15, -0.1) is 0 Å². The van der Waals surface area contributed by atoms with Crippen molar-refractivity contribution in [2.75, 3.05) is 24.7 Å². The van der Waals surface area contributed by atoms with Gasteiger partial charge in [-0.25, -0.2) is 8.42 Å². The van der Waals surface area contributed by atoms with Crippen molar-refractivity contribution in [2.24, 2.45) is 11.1 Å². The fourth-order valence-electron chi connectivity index (χ4n) is 2.75. The number of aliphatic hydroxyl groups excluding tert-OH is 1. The number of para-hydroxylation sites is 1. The Kier molecular flexibility index (Phi) is 4.36. The lowest BCUT2D eigenvalue weighted by Crippen LogP contribution is -2.38. The molecule has 112 valence electrons. The first-order chi connectivity index (χ1) is 9.44. The Hall–Kier alpha value is -1.11. The van der Waals surface area contributed by atoms with Crippen molar-refractivity contribution in [1.29, 1.82) is 0 Å². The molecule has 1 aromatic rings. The van der Waals surface area contributed by atoms with Crippen LogP contribution in [0.2, 0.25) is 0 Å². The maximum Gasteiger partial charge on any atom is 0.151 e. The van der Waals surface area contributed by atoms with Gasteiger partial charge < -0.3 is 15.6 Å². The molecule has 1 fully saturated rings. The highest BCUT2D eigenvalue weighted by Gasteiger charge is 2.47. The molecule has 2 unspecified atom stereocenters. The van der Waals surface area contributed by atoms with Gasteiger partial charge in [0.1, 0.15) is 5.75 Å². The van der Waals surface area contributed by atoms with Crippen molar-refractivity contribution >= 4 is 9.84 Å². The highest BCUT2D eigenvalue weighted by atomic mass is 32.2. The number of ether oxygens (including phenoxy) is 1. The third kappa shape index (κ3) is 2.82. The number of hydrogen-bond acceptors (Lipinski definition) is 5. The monoisotopic (exact) mass is 299 g/mol. The minimum Gasteiger partial charge on any atom is -0.493 e. The normalized spacial score (nSPS) is 26.4. The predicted molar refractivity (Wildman–Crippen MR) is 77.3 cm³/mol. The molecule has 3 N–H and O–H groups in total. The molecule has 1 aliphatic heterocycles. The van der Waals surface area contributed by atoms with Crippen LogP contribution in [-0.2, 0) is 9.84 Å². The summed E-state index contributed by atoms with van der Waals surface area (Å²) in [5.41, 5.74) is 5.58. The number of benzene rings is 1. The van der Waals surface area contributed by atoms with Crippen molar-refractivity contribution in [3.05, 3.63) is 29.8 Å². The summed E-state index contributed by atoms with van der Waals surface area (Å²) >= 11 is 0. The average Bonchev–Trinajstić information content (AvgIpc) is 2.76. The SMILES string of the molecule is CCOc1ccccc1C(O)C1(CN)CCS(=O)(=O)C1. The summed E-state index contributed by atoms with van der Waals surface area (Å²) in [5.74, 6) is 0.593. The van der Waals surface area contributed by atoms with Crippen molar-refractivity contribution in [3.63, 3.8) is 0 Å². The zero-order chi connectivity index (χ0) is 14.8. The number of aliphatic hydroxyl groups is 1. The van der Waals surface area contributed by atoms with Crippen LogP contribution >= 0.6 is 0 Å². The molecule has 1 saturated heterocycles. The van der Waals surface area contributed by atoms with Gasteiger partial charge in [0, 0.05) is 17.5 Å². The van der Waals surface area contributed by atoms with E-state index >= 15 is 0 Å². The summed E-state index contributed by atoms with van der Waals surface area (Å²) in [6.07, 6.45) is -0.555. The van der Waals surface area contributed by atoms with Crippen LogP contribution in [0.15, 0.2) is 24.3 Å². The van der Waals surface area contributed by atoms with Crippen LogP contribution < -0.4 is 10.5 Å². The predicted octanol–water partition coefficient (Wildman–Crippen LogP) is 0.882. The minimum atomic E-state index is -3.12. The first-order valence-corrected chi connectivity index (χ1v) is 8.56. The van der Waals surface area contributed by atoms with E-state index in [2.05, 4.69) is 0 Å². The first-order valence-electron chi connectivity index (χ1n) is 6.74.